The molecule has 0 unspecified atom stereocenters. The summed E-state index contributed by atoms with van der Waals surface area (Å²) < 4.78 is 0. The summed E-state index contributed by atoms with van der Waals surface area (Å²) >= 11 is 1.57. The molecule has 2 heterocycles. The molecule has 1 aliphatic rings. The number of carbonyl (C=O) groups is 2. The van der Waals surface area contributed by atoms with Crippen LogP contribution in [0.2, 0.25) is 0 Å². The monoisotopic (exact) mass is 267 g/mol. The summed E-state index contributed by atoms with van der Waals surface area (Å²) in [4.78, 5) is 27.1. The Hall–Kier alpha value is -1.36. The number of carboxylic acids is 1. The van der Waals surface area contributed by atoms with E-state index in [0.717, 1.165) is 9.75 Å². The maximum atomic E-state index is 12.0. The quantitative estimate of drug-likeness (QED) is 0.915. The van der Waals surface area contributed by atoms with Crippen LogP contribution in [0.5, 0.6) is 0 Å². The molecule has 1 aromatic heterocycles. The van der Waals surface area contributed by atoms with E-state index in [1.165, 1.54) is 0 Å². The third-order valence-corrected chi connectivity index (χ3v) is 4.36. The Labute approximate surface area is 110 Å². The van der Waals surface area contributed by atoms with E-state index < -0.39 is 11.9 Å². The molecular weight excluding hydrogens is 250 g/mol. The first-order chi connectivity index (χ1) is 8.41. The lowest BCUT2D eigenvalue weighted by atomic mass is 9.99. The Morgan fingerprint density at radius 1 is 1.50 bits per heavy atom. The molecule has 1 amide bonds. The molecule has 5 heteroatoms. The number of thiophene rings is 1. The second-order valence-electron chi connectivity index (χ2n) is 4.94. The first-order valence-electron chi connectivity index (χ1n) is 6.02. The minimum atomic E-state index is -0.887. The fourth-order valence-corrected chi connectivity index (χ4v) is 3.58. The Bertz CT molecular complexity index is 480. The van der Waals surface area contributed by atoms with Crippen LogP contribution in [-0.2, 0) is 9.59 Å². The number of hydrogen-bond donors (Lipinski definition) is 1. The van der Waals surface area contributed by atoms with Crippen LogP contribution in [0.1, 0.15) is 36.1 Å². The number of carboxylic acid groups (broad SMARTS) is 1. The fraction of sp³-hybridized carbons (Fsp3) is 0.538. The number of aliphatic carboxylic acids is 1. The normalized spacial score (nSPS) is 24.0. The van der Waals surface area contributed by atoms with Crippen LogP contribution in [0, 0.1) is 12.8 Å². The molecule has 0 radical (unpaired) electrons. The lowest BCUT2D eigenvalue weighted by Gasteiger charge is -2.29. The highest BCUT2D eigenvalue weighted by Gasteiger charge is 2.46. The maximum Gasteiger partial charge on any atom is 0.309 e. The molecule has 4 nitrogen and oxygen atoms in total. The number of carbonyl (C=O) groups excluding carboxylic acids is 1. The molecule has 1 aliphatic heterocycles. The van der Waals surface area contributed by atoms with Crippen molar-refractivity contribution in [2.45, 2.75) is 39.3 Å². The fourth-order valence-electron chi connectivity index (χ4n) is 2.53. The average molecular weight is 267 g/mol. The molecule has 0 saturated carbocycles. The predicted molar refractivity (Wildman–Crippen MR) is 69.5 cm³/mol. The topological polar surface area (TPSA) is 57.6 Å². The van der Waals surface area contributed by atoms with E-state index in [1.807, 2.05) is 32.9 Å². The van der Waals surface area contributed by atoms with Crippen molar-refractivity contribution in [3.8, 4) is 0 Å². The van der Waals surface area contributed by atoms with Crippen molar-refractivity contribution in [3.05, 3.63) is 21.9 Å². The third kappa shape index (κ3) is 2.14. The summed E-state index contributed by atoms with van der Waals surface area (Å²) in [6.07, 6.45) is 0.106. The molecule has 2 atom stereocenters. The zero-order chi connectivity index (χ0) is 13.4. The van der Waals surface area contributed by atoms with Gasteiger partial charge in [0.1, 0.15) is 0 Å². The highest BCUT2D eigenvalue weighted by atomic mass is 32.1. The third-order valence-electron chi connectivity index (χ3n) is 3.29. The Morgan fingerprint density at radius 3 is 2.61 bits per heavy atom. The van der Waals surface area contributed by atoms with Crippen LogP contribution in [-0.4, -0.2) is 27.9 Å². The summed E-state index contributed by atoms with van der Waals surface area (Å²) in [5, 5.41) is 9.29. The van der Waals surface area contributed by atoms with Crippen LogP contribution in [0.25, 0.3) is 0 Å². The molecular formula is C13H17NO3S. The van der Waals surface area contributed by atoms with E-state index in [4.69, 9.17) is 0 Å². The van der Waals surface area contributed by atoms with Crippen molar-refractivity contribution in [3.63, 3.8) is 0 Å². The van der Waals surface area contributed by atoms with Gasteiger partial charge in [-0.15, -0.1) is 11.3 Å². The van der Waals surface area contributed by atoms with Crippen molar-refractivity contribution >= 4 is 23.2 Å². The van der Waals surface area contributed by atoms with E-state index in [0.29, 0.717) is 0 Å². The molecule has 2 rings (SSSR count). The van der Waals surface area contributed by atoms with Gasteiger partial charge in [-0.05, 0) is 32.9 Å². The highest BCUT2D eigenvalue weighted by Crippen LogP contribution is 2.42. The standard InChI is InChI=1S/C13H17NO3S/c1-7(2)14-11(15)6-9(13(16)17)12(14)10-5-4-8(3)18-10/h4-5,7,9,12H,6H2,1-3H3,(H,16,17)/t9-,12+/m1/s1. The zero-order valence-electron chi connectivity index (χ0n) is 10.7. The second-order valence-corrected chi connectivity index (χ2v) is 6.26. The summed E-state index contributed by atoms with van der Waals surface area (Å²) in [6.45, 7) is 5.84. The molecule has 1 fully saturated rings. The van der Waals surface area contributed by atoms with Crippen molar-refractivity contribution in [2.75, 3.05) is 0 Å². The molecule has 0 spiro atoms. The van der Waals surface area contributed by atoms with Gasteiger partial charge in [0.25, 0.3) is 0 Å². The molecule has 0 aromatic carbocycles. The van der Waals surface area contributed by atoms with E-state index in [2.05, 4.69) is 0 Å². The summed E-state index contributed by atoms with van der Waals surface area (Å²) in [7, 11) is 0. The predicted octanol–water partition coefficient (Wildman–Crippen LogP) is 2.44. The minimum Gasteiger partial charge on any atom is -0.481 e. The molecule has 1 aromatic rings. The van der Waals surface area contributed by atoms with Gasteiger partial charge in [0.15, 0.2) is 0 Å². The van der Waals surface area contributed by atoms with E-state index >= 15 is 0 Å². The van der Waals surface area contributed by atoms with E-state index in [9.17, 15) is 14.7 Å². The Balaban J connectivity index is 2.42. The lowest BCUT2D eigenvalue weighted by Crippen LogP contribution is -2.35. The van der Waals surface area contributed by atoms with Gasteiger partial charge in [0.05, 0.1) is 12.0 Å². The molecule has 1 saturated heterocycles. The van der Waals surface area contributed by atoms with Crippen molar-refractivity contribution in [2.24, 2.45) is 5.92 Å². The molecule has 0 aliphatic carbocycles. The van der Waals surface area contributed by atoms with Crippen molar-refractivity contribution < 1.29 is 14.7 Å². The number of nitrogens with zero attached hydrogens (tertiary/aromatic N) is 1. The SMILES string of the molecule is Cc1ccc([C@@H]2[C@H](C(=O)O)CC(=O)N2C(C)C)s1. The lowest BCUT2D eigenvalue weighted by molar-refractivity contribution is -0.142. The van der Waals surface area contributed by atoms with Crippen LogP contribution >= 0.6 is 11.3 Å². The average Bonchev–Trinajstić information content (AvgIpc) is 2.81. The molecule has 1 N–H and O–H groups in total. The van der Waals surface area contributed by atoms with Gasteiger partial charge in [-0.3, -0.25) is 9.59 Å². The first kappa shape index (κ1) is 13.1. The van der Waals surface area contributed by atoms with Gasteiger partial charge in [-0.2, -0.15) is 0 Å². The zero-order valence-corrected chi connectivity index (χ0v) is 11.5. The number of hydrogen-bond acceptors (Lipinski definition) is 3. The molecule has 98 valence electrons. The van der Waals surface area contributed by atoms with Crippen LogP contribution in [0.3, 0.4) is 0 Å². The van der Waals surface area contributed by atoms with Gasteiger partial charge in [-0.25, -0.2) is 0 Å². The van der Waals surface area contributed by atoms with Crippen LogP contribution in [0.4, 0.5) is 0 Å². The van der Waals surface area contributed by atoms with Crippen molar-refractivity contribution in [1.29, 1.82) is 0 Å². The molecule has 18 heavy (non-hydrogen) atoms. The number of aryl methyl sites for hydroxylation is 1. The van der Waals surface area contributed by atoms with E-state index in [-0.39, 0.29) is 24.4 Å². The first-order valence-corrected chi connectivity index (χ1v) is 6.83. The maximum absolute atomic E-state index is 12.0. The van der Waals surface area contributed by atoms with Crippen LogP contribution < -0.4 is 0 Å². The number of amides is 1. The summed E-state index contributed by atoms with van der Waals surface area (Å²) in [6, 6.07) is 3.62. The largest absolute Gasteiger partial charge is 0.481 e. The number of rotatable bonds is 3. The molecule has 0 bridgehead atoms. The summed E-state index contributed by atoms with van der Waals surface area (Å²) in [5.74, 6) is -1.58. The van der Waals surface area contributed by atoms with Gasteiger partial charge in [0, 0.05) is 22.2 Å². The number of likely N-dealkylation sites (tertiary alicyclic amines) is 1. The smallest absolute Gasteiger partial charge is 0.309 e. The minimum absolute atomic E-state index is 0.0225. The van der Waals surface area contributed by atoms with Gasteiger partial charge < -0.3 is 10.0 Å². The van der Waals surface area contributed by atoms with Gasteiger partial charge in [0.2, 0.25) is 5.91 Å². The van der Waals surface area contributed by atoms with E-state index in [1.54, 1.807) is 16.2 Å². The van der Waals surface area contributed by atoms with Gasteiger partial charge in [-0.1, -0.05) is 0 Å². The summed E-state index contributed by atoms with van der Waals surface area (Å²) in [5.41, 5.74) is 0. The Kier molecular flexibility index (Phi) is 3.43. The van der Waals surface area contributed by atoms with Gasteiger partial charge >= 0.3 is 5.97 Å². The van der Waals surface area contributed by atoms with Crippen LogP contribution in [0.15, 0.2) is 12.1 Å². The van der Waals surface area contributed by atoms with Crippen molar-refractivity contribution in [1.82, 2.24) is 4.90 Å². The highest BCUT2D eigenvalue weighted by molar-refractivity contribution is 7.12. The Morgan fingerprint density at radius 2 is 2.17 bits per heavy atom. The second kappa shape index (κ2) is 4.72.